The van der Waals surface area contributed by atoms with Crippen LogP contribution in [-0.2, 0) is 14.8 Å². The molecular formula is C12H16N2O4S. The Hall–Kier alpha value is -1.73. The number of hydrogen-bond donors (Lipinski definition) is 1. The second-order valence-electron chi connectivity index (χ2n) is 3.91. The number of carbonyl (C=O) groups excluding carboxylic acids is 1. The third-order valence-corrected chi connectivity index (χ3v) is 3.97. The van der Waals surface area contributed by atoms with E-state index < -0.39 is 16.0 Å². The highest BCUT2D eigenvalue weighted by Gasteiger charge is 2.24. The predicted molar refractivity (Wildman–Crippen MR) is 70.2 cm³/mol. The Labute approximate surface area is 112 Å². The van der Waals surface area contributed by atoms with Gasteiger partial charge >= 0.3 is 5.97 Å². The highest BCUT2D eigenvalue weighted by Crippen LogP contribution is 2.15. The lowest BCUT2D eigenvalue weighted by atomic mass is 10.3. The summed E-state index contributed by atoms with van der Waals surface area (Å²) in [5.41, 5.74) is -0.0456. The van der Waals surface area contributed by atoms with E-state index in [0.717, 1.165) is 6.20 Å². The van der Waals surface area contributed by atoms with E-state index in [-0.39, 0.29) is 16.5 Å². The summed E-state index contributed by atoms with van der Waals surface area (Å²) < 4.78 is 31.3. The van der Waals surface area contributed by atoms with Crippen LogP contribution in [-0.4, -0.2) is 32.5 Å². The first kappa shape index (κ1) is 15.3. The predicted octanol–water partition coefficient (Wildman–Crippen LogP) is 1.11. The van der Waals surface area contributed by atoms with Crippen LogP contribution in [0.25, 0.3) is 0 Å². The van der Waals surface area contributed by atoms with Crippen LogP contribution in [0.4, 0.5) is 0 Å². The molecule has 0 bridgehead atoms. The zero-order chi connectivity index (χ0) is 14.5. The van der Waals surface area contributed by atoms with Crippen LogP contribution in [0.5, 0.6) is 0 Å². The Morgan fingerprint density at radius 1 is 1.63 bits per heavy atom. The third kappa shape index (κ3) is 3.87. The molecule has 6 nitrogen and oxygen atoms in total. The van der Waals surface area contributed by atoms with Crippen LogP contribution in [0, 0.1) is 0 Å². The van der Waals surface area contributed by atoms with E-state index in [1.54, 1.807) is 13.0 Å². The molecular weight excluding hydrogens is 268 g/mol. The van der Waals surface area contributed by atoms with Crippen LogP contribution in [0.2, 0.25) is 0 Å². The van der Waals surface area contributed by atoms with Gasteiger partial charge in [0.1, 0.15) is 4.90 Å². The van der Waals surface area contributed by atoms with Gasteiger partial charge in [0.25, 0.3) is 0 Å². The molecule has 1 N–H and O–H groups in total. The fourth-order valence-corrected chi connectivity index (χ4v) is 2.89. The molecule has 0 radical (unpaired) electrons. The average molecular weight is 284 g/mol. The molecule has 0 aliphatic carbocycles. The number of sulfonamides is 1. The van der Waals surface area contributed by atoms with Crippen molar-refractivity contribution >= 4 is 16.0 Å². The van der Waals surface area contributed by atoms with Crippen molar-refractivity contribution in [3.63, 3.8) is 0 Å². The summed E-state index contributed by atoms with van der Waals surface area (Å²) in [5, 5.41) is 0. The number of ether oxygens (including phenoxy) is 1. The van der Waals surface area contributed by atoms with Gasteiger partial charge in [0.15, 0.2) is 0 Å². The Morgan fingerprint density at radius 3 is 2.89 bits per heavy atom. The van der Waals surface area contributed by atoms with Crippen LogP contribution in [0.3, 0.4) is 0 Å². The van der Waals surface area contributed by atoms with Crippen molar-refractivity contribution in [2.45, 2.75) is 24.3 Å². The van der Waals surface area contributed by atoms with Gasteiger partial charge < -0.3 is 4.74 Å². The summed E-state index contributed by atoms with van der Waals surface area (Å²) in [7, 11) is -2.64. The van der Waals surface area contributed by atoms with E-state index in [0.29, 0.717) is 6.42 Å². The molecule has 0 spiro atoms. The minimum absolute atomic E-state index is 0.0456. The lowest BCUT2D eigenvalue weighted by Gasteiger charge is -2.13. The molecule has 1 heterocycles. The van der Waals surface area contributed by atoms with E-state index in [1.165, 1.54) is 19.4 Å². The highest BCUT2D eigenvalue weighted by atomic mass is 32.2. The summed E-state index contributed by atoms with van der Waals surface area (Å²) in [5.74, 6) is -0.723. The Kier molecular flexibility index (Phi) is 5.20. The minimum atomic E-state index is -3.83. The fraction of sp³-hybridized carbons (Fsp3) is 0.333. The van der Waals surface area contributed by atoms with Gasteiger partial charge in [0.05, 0.1) is 12.7 Å². The van der Waals surface area contributed by atoms with Crippen molar-refractivity contribution in [1.29, 1.82) is 0 Å². The SMILES string of the molecule is C=CCC(C)NS(=O)(=O)c1cnccc1C(=O)OC. The highest BCUT2D eigenvalue weighted by molar-refractivity contribution is 7.89. The maximum atomic E-state index is 12.2. The number of aromatic nitrogens is 1. The van der Waals surface area contributed by atoms with Gasteiger partial charge in [0, 0.05) is 18.4 Å². The van der Waals surface area contributed by atoms with Crippen LogP contribution in [0.1, 0.15) is 23.7 Å². The van der Waals surface area contributed by atoms with Crippen molar-refractivity contribution in [2.24, 2.45) is 0 Å². The molecule has 19 heavy (non-hydrogen) atoms. The molecule has 0 fully saturated rings. The number of nitrogens with zero attached hydrogens (tertiary/aromatic N) is 1. The van der Waals surface area contributed by atoms with Gasteiger partial charge in [0.2, 0.25) is 10.0 Å². The molecule has 7 heteroatoms. The number of methoxy groups -OCH3 is 1. The smallest absolute Gasteiger partial charge is 0.339 e. The minimum Gasteiger partial charge on any atom is -0.465 e. The average Bonchev–Trinajstić information content (AvgIpc) is 2.37. The monoisotopic (exact) mass is 284 g/mol. The quantitative estimate of drug-likeness (QED) is 0.625. The second-order valence-corrected chi connectivity index (χ2v) is 5.59. The van der Waals surface area contributed by atoms with Crippen molar-refractivity contribution in [3.8, 4) is 0 Å². The first-order valence-electron chi connectivity index (χ1n) is 5.58. The fourth-order valence-electron chi connectivity index (χ4n) is 1.50. The number of nitrogens with one attached hydrogen (secondary N) is 1. The van der Waals surface area contributed by atoms with E-state index in [1.807, 2.05) is 0 Å². The van der Waals surface area contributed by atoms with Crippen LogP contribution >= 0.6 is 0 Å². The molecule has 0 amide bonds. The lowest BCUT2D eigenvalue weighted by molar-refractivity contribution is 0.0596. The molecule has 0 aromatic carbocycles. The molecule has 1 atom stereocenters. The summed E-state index contributed by atoms with van der Waals surface area (Å²) in [6.07, 6.45) is 4.54. The Morgan fingerprint density at radius 2 is 2.32 bits per heavy atom. The zero-order valence-corrected chi connectivity index (χ0v) is 11.6. The summed E-state index contributed by atoms with van der Waals surface area (Å²) >= 11 is 0. The van der Waals surface area contributed by atoms with Gasteiger partial charge in [-0.3, -0.25) is 4.98 Å². The first-order valence-corrected chi connectivity index (χ1v) is 7.06. The number of carbonyl (C=O) groups is 1. The molecule has 0 aliphatic rings. The number of hydrogen-bond acceptors (Lipinski definition) is 5. The molecule has 1 aromatic heterocycles. The molecule has 1 unspecified atom stereocenters. The maximum absolute atomic E-state index is 12.2. The van der Waals surface area contributed by atoms with Crippen molar-refractivity contribution in [2.75, 3.05) is 7.11 Å². The van der Waals surface area contributed by atoms with Gasteiger partial charge in [-0.2, -0.15) is 0 Å². The van der Waals surface area contributed by atoms with Crippen molar-refractivity contribution < 1.29 is 17.9 Å². The van der Waals surface area contributed by atoms with E-state index >= 15 is 0 Å². The molecule has 0 aliphatic heterocycles. The number of pyridine rings is 1. The molecule has 0 saturated carbocycles. The van der Waals surface area contributed by atoms with Gasteiger partial charge in [-0.05, 0) is 19.4 Å². The maximum Gasteiger partial charge on any atom is 0.339 e. The Bertz CT molecular complexity index is 569. The molecule has 1 aromatic rings. The van der Waals surface area contributed by atoms with Crippen LogP contribution in [0.15, 0.2) is 36.0 Å². The van der Waals surface area contributed by atoms with Crippen molar-refractivity contribution in [1.82, 2.24) is 9.71 Å². The number of rotatable bonds is 6. The molecule has 104 valence electrons. The largest absolute Gasteiger partial charge is 0.465 e. The lowest BCUT2D eigenvalue weighted by Crippen LogP contribution is -2.33. The van der Waals surface area contributed by atoms with E-state index in [2.05, 4.69) is 21.0 Å². The molecule has 1 rings (SSSR count). The zero-order valence-electron chi connectivity index (χ0n) is 10.8. The normalized spacial score (nSPS) is 12.7. The standard InChI is InChI=1S/C12H16N2O4S/c1-4-5-9(2)14-19(16,17)11-8-13-7-6-10(11)12(15)18-3/h4,6-9,14H,1,5H2,2-3H3. The second kappa shape index (κ2) is 6.44. The van der Waals surface area contributed by atoms with Gasteiger partial charge in [-0.1, -0.05) is 6.08 Å². The van der Waals surface area contributed by atoms with Crippen molar-refractivity contribution in [3.05, 3.63) is 36.7 Å². The van der Waals surface area contributed by atoms with E-state index in [4.69, 9.17) is 0 Å². The Balaban J connectivity index is 3.14. The summed E-state index contributed by atoms with van der Waals surface area (Å²) in [4.78, 5) is 15.1. The van der Waals surface area contributed by atoms with E-state index in [9.17, 15) is 13.2 Å². The summed E-state index contributed by atoms with van der Waals surface area (Å²) in [6.45, 7) is 5.24. The van der Waals surface area contributed by atoms with Crippen LogP contribution < -0.4 is 4.72 Å². The molecule has 0 saturated heterocycles. The number of esters is 1. The summed E-state index contributed by atoms with van der Waals surface area (Å²) in [6, 6.07) is 0.978. The van der Waals surface area contributed by atoms with Gasteiger partial charge in [-0.15, -0.1) is 6.58 Å². The topological polar surface area (TPSA) is 85.4 Å². The third-order valence-electron chi connectivity index (χ3n) is 2.36. The van der Waals surface area contributed by atoms with Gasteiger partial charge in [-0.25, -0.2) is 17.9 Å². The first-order chi connectivity index (χ1) is 8.92.